The number of carbonyl (C=O) groups is 2. The van der Waals surface area contributed by atoms with E-state index in [1.165, 1.54) is 16.7 Å². The van der Waals surface area contributed by atoms with Crippen molar-refractivity contribution in [2.75, 3.05) is 0 Å². The van der Waals surface area contributed by atoms with Gasteiger partial charge in [0, 0.05) is 22.3 Å². The van der Waals surface area contributed by atoms with Crippen LogP contribution in [0.15, 0.2) is 57.2 Å². The summed E-state index contributed by atoms with van der Waals surface area (Å²) in [6, 6.07) is 0. The van der Waals surface area contributed by atoms with E-state index in [4.69, 9.17) is 0 Å². The maximum Gasteiger partial charge on any atom is 0.185 e. The molecular weight excluding hydrogens is 396 g/mol. The molecule has 0 bridgehead atoms. The molecule has 3 nitrogen and oxygen atoms in total. The van der Waals surface area contributed by atoms with E-state index in [-0.39, 0.29) is 11.6 Å². The molecule has 0 fully saturated rings. The molecule has 1 aliphatic rings. The second kappa shape index (κ2) is 12.9. The molecule has 0 spiro atoms. The predicted octanol–water partition coefficient (Wildman–Crippen LogP) is 7.52. The Kier molecular flexibility index (Phi) is 11.3. The first kappa shape index (κ1) is 28.0. The van der Waals surface area contributed by atoms with Crippen LogP contribution in [-0.4, -0.2) is 22.3 Å². The lowest BCUT2D eigenvalue weighted by atomic mass is 9.82. The van der Waals surface area contributed by atoms with E-state index >= 15 is 0 Å². The van der Waals surface area contributed by atoms with Crippen LogP contribution in [0.3, 0.4) is 0 Å². The Morgan fingerprint density at radius 2 is 1.25 bits per heavy atom. The summed E-state index contributed by atoms with van der Waals surface area (Å²) in [6.45, 7) is 15.6. The molecule has 1 N–H and O–H groups in total. The SMILES string of the molecule is CC(C)=CCCC(C)=CCCC(C)=CCC[C@](C)(O)CCC1=C(C)C(=O)C(C)=C(C)C1=O. The molecule has 0 unspecified atom stereocenters. The second-order valence-corrected chi connectivity index (χ2v) is 10.0. The number of hydrogen-bond donors (Lipinski definition) is 1. The molecule has 0 amide bonds. The van der Waals surface area contributed by atoms with Gasteiger partial charge in [-0.3, -0.25) is 9.59 Å². The minimum Gasteiger partial charge on any atom is -0.390 e. The Morgan fingerprint density at radius 3 is 1.81 bits per heavy atom. The van der Waals surface area contributed by atoms with Crippen LogP contribution in [0, 0.1) is 0 Å². The normalized spacial score (nSPS) is 17.8. The van der Waals surface area contributed by atoms with Gasteiger partial charge in [0.15, 0.2) is 11.6 Å². The molecule has 32 heavy (non-hydrogen) atoms. The topological polar surface area (TPSA) is 54.4 Å². The number of Topliss-reactive ketones (excluding diaryl/α,β-unsaturated/α-hetero) is 2. The first-order valence-corrected chi connectivity index (χ1v) is 12.0. The fraction of sp³-hybridized carbons (Fsp3) is 0.586. The van der Waals surface area contributed by atoms with Gasteiger partial charge < -0.3 is 5.11 Å². The first-order chi connectivity index (χ1) is 14.9. The van der Waals surface area contributed by atoms with Crippen LogP contribution < -0.4 is 0 Å². The number of hydrogen-bond acceptors (Lipinski definition) is 3. The quantitative estimate of drug-likeness (QED) is 0.252. The minimum absolute atomic E-state index is 0.0449. The molecule has 0 saturated heterocycles. The summed E-state index contributed by atoms with van der Waals surface area (Å²) in [7, 11) is 0. The lowest BCUT2D eigenvalue weighted by Crippen LogP contribution is -2.26. The van der Waals surface area contributed by atoms with E-state index in [1.807, 2.05) is 6.92 Å². The second-order valence-electron chi connectivity index (χ2n) is 10.0. The van der Waals surface area contributed by atoms with Crippen LogP contribution in [0.4, 0.5) is 0 Å². The molecule has 0 radical (unpaired) electrons. The molecule has 0 saturated carbocycles. The van der Waals surface area contributed by atoms with Gasteiger partial charge in [-0.15, -0.1) is 0 Å². The lowest BCUT2D eigenvalue weighted by molar-refractivity contribution is -0.116. The van der Waals surface area contributed by atoms with Crippen molar-refractivity contribution < 1.29 is 14.7 Å². The van der Waals surface area contributed by atoms with Crippen molar-refractivity contribution in [3.63, 3.8) is 0 Å². The van der Waals surface area contributed by atoms with E-state index in [0.717, 1.165) is 32.1 Å². The van der Waals surface area contributed by atoms with E-state index < -0.39 is 5.60 Å². The third-order valence-electron chi connectivity index (χ3n) is 6.52. The van der Waals surface area contributed by atoms with Gasteiger partial charge in [0.2, 0.25) is 0 Å². The van der Waals surface area contributed by atoms with E-state index in [1.54, 1.807) is 20.8 Å². The number of ketones is 2. The van der Waals surface area contributed by atoms with Gasteiger partial charge in [-0.05, 0) is 107 Å². The van der Waals surface area contributed by atoms with Gasteiger partial charge in [0.05, 0.1) is 5.60 Å². The van der Waals surface area contributed by atoms with Gasteiger partial charge in [0.25, 0.3) is 0 Å². The highest BCUT2D eigenvalue weighted by atomic mass is 16.3. The van der Waals surface area contributed by atoms with Crippen molar-refractivity contribution in [2.24, 2.45) is 0 Å². The number of rotatable bonds is 12. The summed E-state index contributed by atoms with van der Waals surface area (Å²) >= 11 is 0. The van der Waals surface area contributed by atoms with Crippen LogP contribution in [0.2, 0.25) is 0 Å². The summed E-state index contributed by atoms with van der Waals surface area (Å²) < 4.78 is 0. The smallest absolute Gasteiger partial charge is 0.185 e. The Hall–Kier alpha value is -2.00. The summed E-state index contributed by atoms with van der Waals surface area (Å²) in [5.41, 5.74) is 5.48. The molecule has 1 rings (SSSR count). The maximum absolute atomic E-state index is 12.6. The van der Waals surface area contributed by atoms with Crippen molar-refractivity contribution >= 4 is 11.6 Å². The highest BCUT2D eigenvalue weighted by Crippen LogP contribution is 2.30. The average Bonchev–Trinajstić information content (AvgIpc) is 2.70. The molecular formula is C29H44O3. The Balaban J connectivity index is 2.49. The fourth-order valence-electron chi connectivity index (χ4n) is 3.94. The molecule has 1 aliphatic carbocycles. The molecule has 0 aliphatic heterocycles. The van der Waals surface area contributed by atoms with Crippen molar-refractivity contribution in [1.82, 2.24) is 0 Å². The maximum atomic E-state index is 12.6. The summed E-state index contributed by atoms with van der Waals surface area (Å²) in [5, 5.41) is 10.8. The zero-order valence-electron chi connectivity index (χ0n) is 21.7. The first-order valence-electron chi connectivity index (χ1n) is 12.0. The molecule has 0 aromatic rings. The van der Waals surface area contributed by atoms with Crippen molar-refractivity contribution in [1.29, 1.82) is 0 Å². The zero-order valence-corrected chi connectivity index (χ0v) is 21.7. The summed E-state index contributed by atoms with van der Waals surface area (Å²) in [6.07, 6.45) is 13.5. The van der Waals surface area contributed by atoms with Crippen LogP contribution >= 0.6 is 0 Å². The number of carbonyl (C=O) groups excluding carboxylic acids is 2. The minimum atomic E-state index is -0.862. The van der Waals surface area contributed by atoms with Crippen molar-refractivity contribution in [3.8, 4) is 0 Å². The van der Waals surface area contributed by atoms with Crippen molar-refractivity contribution in [3.05, 3.63) is 57.2 Å². The van der Waals surface area contributed by atoms with E-state index in [0.29, 0.717) is 41.6 Å². The molecule has 178 valence electrons. The van der Waals surface area contributed by atoms with Crippen LogP contribution in [0.5, 0.6) is 0 Å². The Morgan fingerprint density at radius 1 is 0.750 bits per heavy atom. The molecule has 3 heteroatoms. The van der Waals surface area contributed by atoms with Gasteiger partial charge in [0.1, 0.15) is 0 Å². The Labute approximate surface area is 196 Å². The van der Waals surface area contributed by atoms with Crippen LogP contribution in [-0.2, 0) is 9.59 Å². The predicted molar refractivity (Wildman–Crippen MR) is 136 cm³/mol. The van der Waals surface area contributed by atoms with Crippen LogP contribution in [0.1, 0.15) is 107 Å². The molecule has 0 heterocycles. The fourth-order valence-corrected chi connectivity index (χ4v) is 3.94. The monoisotopic (exact) mass is 440 g/mol. The van der Waals surface area contributed by atoms with Gasteiger partial charge in [-0.25, -0.2) is 0 Å². The van der Waals surface area contributed by atoms with E-state index in [2.05, 4.69) is 45.9 Å². The molecule has 0 aromatic carbocycles. The van der Waals surface area contributed by atoms with Crippen molar-refractivity contribution in [2.45, 2.75) is 112 Å². The largest absolute Gasteiger partial charge is 0.390 e. The summed E-state index contributed by atoms with van der Waals surface area (Å²) in [5.74, 6) is -0.0909. The standard InChI is InChI=1S/C29H44O3/c1-20(2)12-9-13-21(3)14-10-15-22(4)16-11-18-29(8,32)19-17-26-25(7)27(30)23(5)24(6)28(26)31/h12,14,16,32H,9-11,13,15,17-19H2,1-8H3/t29-/m0/s1. The highest BCUT2D eigenvalue weighted by Gasteiger charge is 2.29. The molecule has 0 aromatic heterocycles. The average molecular weight is 441 g/mol. The van der Waals surface area contributed by atoms with Gasteiger partial charge >= 0.3 is 0 Å². The zero-order chi connectivity index (χ0) is 24.5. The van der Waals surface area contributed by atoms with Gasteiger partial charge in [-0.2, -0.15) is 0 Å². The molecule has 1 atom stereocenters. The number of allylic oxidation sites excluding steroid dienone is 10. The van der Waals surface area contributed by atoms with Crippen LogP contribution in [0.25, 0.3) is 0 Å². The summed E-state index contributed by atoms with van der Waals surface area (Å²) in [4.78, 5) is 24.9. The number of aliphatic hydroxyl groups is 1. The Bertz CT molecular complexity index is 853. The highest BCUT2D eigenvalue weighted by molar-refractivity contribution is 6.24. The van der Waals surface area contributed by atoms with E-state index in [9.17, 15) is 14.7 Å². The third kappa shape index (κ3) is 9.24. The lowest BCUT2D eigenvalue weighted by Gasteiger charge is -2.25. The van der Waals surface area contributed by atoms with Gasteiger partial charge in [-0.1, -0.05) is 34.9 Å². The third-order valence-corrected chi connectivity index (χ3v) is 6.52.